The first-order chi connectivity index (χ1) is 8.49. The van der Waals surface area contributed by atoms with Gasteiger partial charge in [0.05, 0.1) is 0 Å². The molecule has 0 saturated heterocycles. The van der Waals surface area contributed by atoms with E-state index in [-0.39, 0.29) is 21.7 Å². The Morgan fingerprint density at radius 3 is 0.722 bits per heavy atom. The quantitative estimate of drug-likeness (QED) is 0.563. The summed E-state index contributed by atoms with van der Waals surface area (Å²) in [5.41, 5.74) is -0.667. The number of rotatable bonds is 0. The molecule has 0 aromatic heterocycles. The van der Waals surface area contributed by atoms with Crippen molar-refractivity contribution in [2.75, 3.05) is 0 Å². The van der Waals surface area contributed by atoms with E-state index in [9.17, 15) is 0 Å². The van der Waals surface area contributed by atoms with E-state index in [0.29, 0.717) is 0 Å². The van der Waals surface area contributed by atoms with Gasteiger partial charge in [-0.05, 0) is 38.5 Å². The van der Waals surface area contributed by atoms with Crippen molar-refractivity contribution in [3.8, 4) is 49.4 Å². The fourth-order valence-corrected chi connectivity index (χ4v) is 5.25. The topological polar surface area (TPSA) is 0 Å². The summed E-state index contributed by atoms with van der Waals surface area (Å²) in [6, 6.07) is 0. The van der Waals surface area contributed by atoms with Gasteiger partial charge < -0.3 is 0 Å². The molecule has 4 bridgehead atoms. The lowest BCUT2D eigenvalue weighted by Gasteiger charge is -2.65. The summed E-state index contributed by atoms with van der Waals surface area (Å²) in [7, 11) is 0. The molecule has 88 valence electrons. The molecule has 4 aliphatic rings. The van der Waals surface area contributed by atoms with Crippen LogP contribution >= 0.6 is 0 Å². The van der Waals surface area contributed by atoms with Gasteiger partial charge in [0, 0.05) is 21.7 Å². The largest absolute Gasteiger partial charge is 0.120 e. The summed E-state index contributed by atoms with van der Waals surface area (Å²) in [6.07, 6.45) is 28.7. The summed E-state index contributed by atoms with van der Waals surface area (Å²) in [6.45, 7) is 0. The highest BCUT2D eigenvalue weighted by Gasteiger charge is 2.67. The van der Waals surface area contributed by atoms with Crippen LogP contribution in [0.4, 0.5) is 0 Å². The molecule has 0 radical (unpaired) electrons. The molecule has 0 spiro atoms. The first-order valence-corrected chi connectivity index (χ1v) is 6.40. The minimum Gasteiger partial charge on any atom is -0.120 e. The number of hydrogen-bond donors (Lipinski definition) is 0. The Kier molecular flexibility index (Phi) is 1.87. The molecule has 4 rings (SSSR count). The van der Waals surface area contributed by atoms with E-state index in [1.807, 2.05) is 0 Å². The Morgan fingerprint density at radius 2 is 0.611 bits per heavy atom. The normalized spacial score (nSPS) is 51.8. The first kappa shape index (κ1) is 11.3. The van der Waals surface area contributed by atoms with Gasteiger partial charge in [-0.2, -0.15) is 0 Å². The molecule has 0 aromatic rings. The minimum atomic E-state index is -0.167. The smallest absolute Gasteiger partial charge is 0.0355 e. The Bertz CT molecular complexity index is 434. The Morgan fingerprint density at radius 1 is 0.444 bits per heavy atom. The molecular formula is C18H16. The second-order valence-electron chi connectivity index (χ2n) is 6.76. The second-order valence-corrected chi connectivity index (χ2v) is 6.76. The fraction of sp³-hybridized carbons (Fsp3) is 0.556. The lowest BCUT2D eigenvalue weighted by molar-refractivity contribution is -0.113. The highest BCUT2D eigenvalue weighted by Crippen LogP contribution is 2.73. The predicted octanol–water partition coefficient (Wildman–Crippen LogP) is 2.85. The molecule has 4 fully saturated rings. The van der Waals surface area contributed by atoms with Crippen LogP contribution in [0.5, 0.6) is 0 Å². The van der Waals surface area contributed by atoms with E-state index >= 15 is 0 Å². The number of hydrogen-bond acceptors (Lipinski definition) is 0. The average Bonchev–Trinajstić information content (AvgIpc) is 2.37. The molecule has 0 aromatic carbocycles. The van der Waals surface area contributed by atoms with E-state index in [1.54, 1.807) is 0 Å². The zero-order valence-electron chi connectivity index (χ0n) is 10.6. The van der Waals surface area contributed by atoms with E-state index < -0.39 is 0 Å². The molecular weight excluding hydrogens is 216 g/mol. The first-order valence-electron chi connectivity index (χ1n) is 6.40. The van der Waals surface area contributed by atoms with Crippen molar-refractivity contribution in [3.05, 3.63) is 0 Å². The molecule has 0 N–H and O–H groups in total. The summed E-state index contributed by atoms with van der Waals surface area (Å²) in [4.78, 5) is 0. The average molecular weight is 232 g/mol. The highest BCUT2D eigenvalue weighted by atomic mass is 14.7. The van der Waals surface area contributed by atoms with Gasteiger partial charge in [0.25, 0.3) is 0 Å². The van der Waals surface area contributed by atoms with Gasteiger partial charge in [-0.15, -0.1) is 25.7 Å². The molecule has 4 saturated carbocycles. The van der Waals surface area contributed by atoms with Gasteiger partial charge in [0.1, 0.15) is 0 Å². The van der Waals surface area contributed by atoms with Crippen molar-refractivity contribution >= 4 is 0 Å². The SMILES string of the molecule is C#CC12CC3(C#C)CC(C#C)(C1)CC(C#C)(C2)C3. The van der Waals surface area contributed by atoms with Gasteiger partial charge in [-0.25, -0.2) is 0 Å². The van der Waals surface area contributed by atoms with Crippen LogP contribution in [-0.2, 0) is 0 Å². The maximum absolute atomic E-state index is 5.81. The van der Waals surface area contributed by atoms with Gasteiger partial charge in [-0.1, -0.05) is 23.7 Å². The standard InChI is InChI=1S/C18H16/c1-5-15-9-16(6-2)12-17(7-3,10-15)14-18(8-4,11-15)13-16/h1-4H,9-14H2. The van der Waals surface area contributed by atoms with Crippen molar-refractivity contribution in [2.24, 2.45) is 21.7 Å². The van der Waals surface area contributed by atoms with Crippen LogP contribution in [0.3, 0.4) is 0 Å². The van der Waals surface area contributed by atoms with Crippen molar-refractivity contribution in [2.45, 2.75) is 38.5 Å². The summed E-state index contributed by atoms with van der Waals surface area (Å²) in [5.74, 6) is 12.0. The van der Waals surface area contributed by atoms with Crippen LogP contribution in [0.1, 0.15) is 38.5 Å². The molecule has 0 aliphatic heterocycles. The van der Waals surface area contributed by atoms with E-state index in [0.717, 1.165) is 38.5 Å². The highest BCUT2D eigenvalue weighted by molar-refractivity contribution is 5.36. The number of terminal acetylenes is 4. The Hall–Kier alpha value is -1.76. The molecule has 0 amide bonds. The zero-order chi connectivity index (χ0) is 13.1. The fourth-order valence-electron chi connectivity index (χ4n) is 5.25. The molecule has 0 unspecified atom stereocenters. The van der Waals surface area contributed by atoms with Crippen LogP contribution in [0.15, 0.2) is 0 Å². The monoisotopic (exact) mass is 232 g/mol. The Balaban J connectivity index is 2.22. The molecule has 0 heterocycles. The Labute approximate surface area is 110 Å². The van der Waals surface area contributed by atoms with Crippen molar-refractivity contribution < 1.29 is 0 Å². The van der Waals surface area contributed by atoms with Gasteiger partial charge in [0.15, 0.2) is 0 Å². The van der Waals surface area contributed by atoms with Crippen LogP contribution in [0, 0.1) is 71.0 Å². The molecule has 4 aliphatic carbocycles. The van der Waals surface area contributed by atoms with Crippen molar-refractivity contribution in [1.29, 1.82) is 0 Å². The lowest BCUT2D eigenvalue weighted by Crippen LogP contribution is -2.59. The maximum Gasteiger partial charge on any atom is 0.0355 e. The van der Waals surface area contributed by atoms with Crippen LogP contribution < -0.4 is 0 Å². The molecule has 0 nitrogen and oxygen atoms in total. The van der Waals surface area contributed by atoms with Crippen molar-refractivity contribution in [3.63, 3.8) is 0 Å². The van der Waals surface area contributed by atoms with Gasteiger partial charge >= 0.3 is 0 Å². The maximum atomic E-state index is 5.81. The summed E-state index contributed by atoms with van der Waals surface area (Å²) >= 11 is 0. The van der Waals surface area contributed by atoms with Crippen LogP contribution in [-0.4, -0.2) is 0 Å². The molecule has 0 heteroatoms. The third kappa shape index (κ3) is 1.17. The van der Waals surface area contributed by atoms with Gasteiger partial charge in [0.2, 0.25) is 0 Å². The minimum absolute atomic E-state index is 0.167. The zero-order valence-corrected chi connectivity index (χ0v) is 10.6. The van der Waals surface area contributed by atoms with Crippen LogP contribution in [0.25, 0.3) is 0 Å². The summed E-state index contributed by atoms with van der Waals surface area (Å²) < 4.78 is 0. The summed E-state index contributed by atoms with van der Waals surface area (Å²) in [5, 5.41) is 0. The van der Waals surface area contributed by atoms with Gasteiger partial charge in [-0.3, -0.25) is 0 Å². The van der Waals surface area contributed by atoms with Crippen molar-refractivity contribution in [1.82, 2.24) is 0 Å². The van der Waals surface area contributed by atoms with E-state index in [1.165, 1.54) is 0 Å². The predicted molar refractivity (Wildman–Crippen MR) is 72.8 cm³/mol. The van der Waals surface area contributed by atoms with Crippen LogP contribution in [0.2, 0.25) is 0 Å². The molecule has 0 atom stereocenters. The second kappa shape index (κ2) is 2.97. The van der Waals surface area contributed by atoms with E-state index in [2.05, 4.69) is 23.7 Å². The molecule has 18 heavy (non-hydrogen) atoms. The lowest BCUT2D eigenvalue weighted by atomic mass is 9.36. The third-order valence-electron chi connectivity index (χ3n) is 5.29. The van der Waals surface area contributed by atoms with E-state index in [4.69, 9.17) is 25.7 Å². The third-order valence-corrected chi connectivity index (χ3v) is 5.29.